The van der Waals surface area contributed by atoms with Crippen LogP contribution < -0.4 is 5.32 Å². The summed E-state index contributed by atoms with van der Waals surface area (Å²) in [6.45, 7) is 6.66. The predicted molar refractivity (Wildman–Crippen MR) is 81.0 cm³/mol. The lowest BCUT2D eigenvalue weighted by atomic mass is 10.1. The van der Waals surface area contributed by atoms with Gasteiger partial charge in [0, 0.05) is 17.7 Å². The van der Waals surface area contributed by atoms with E-state index in [0.29, 0.717) is 13.0 Å². The van der Waals surface area contributed by atoms with Gasteiger partial charge in [-0.05, 0) is 38.3 Å². The van der Waals surface area contributed by atoms with Crippen LogP contribution in [0.15, 0.2) is 34.7 Å². The molecule has 0 bridgehead atoms. The summed E-state index contributed by atoms with van der Waals surface area (Å²) in [5.41, 5.74) is 1.95. The Hall–Kier alpha value is -1.49. The summed E-state index contributed by atoms with van der Waals surface area (Å²) < 4.78 is 4.60. The zero-order valence-electron chi connectivity index (χ0n) is 11.5. The van der Waals surface area contributed by atoms with Crippen LogP contribution in [0.25, 0.3) is 0 Å². The third-order valence-corrected chi connectivity index (χ3v) is 3.03. The molecule has 1 rings (SSSR count). The first-order chi connectivity index (χ1) is 8.88. The maximum Gasteiger partial charge on any atom is 0.404 e. The number of nitrogens with one attached hydrogen (secondary N) is 1. The maximum absolute atomic E-state index is 10.5. The highest BCUT2D eigenvalue weighted by Gasteiger charge is 2.12. The largest absolute Gasteiger partial charge is 0.465 e. The van der Waals surface area contributed by atoms with Crippen molar-refractivity contribution in [2.75, 3.05) is 6.54 Å². The Bertz CT molecular complexity index is 439. The number of amides is 1. The van der Waals surface area contributed by atoms with Gasteiger partial charge >= 0.3 is 6.09 Å². The Kier molecular flexibility index (Phi) is 5.89. The number of nitrogens with zero attached hydrogens (tertiary/aromatic N) is 1. The van der Waals surface area contributed by atoms with Gasteiger partial charge in [0.1, 0.15) is 0 Å². The van der Waals surface area contributed by atoms with Gasteiger partial charge in [0.2, 0.25) is 0 Å². The molecule has 1 aromatic rings. The van der Waals surface area contributed by atoms with E-state index in [9.17, 15) is 4.79 Å². The Morgan fingerprint density at radius 2 is 1.95 bits per heavy atom. The van der Waals surface area contributed by atoms with Crippen LogP contribution >= 0.6 is 11.9 Å². The Morgan fingerprint density at radius 1 is 1.32 bits per heavy atom. The fourth-order valence-corrected chi connectivity index (χ4v) is 1.93. The van der Waals surface area contributed by atoms with Crippen molar-refractivity contribution < 1.29 is 9.90 Å². The van der Waals surface area contributed by atoms with E-state index in [1.807, 2.05) is 30.3 Å². The second kappa shape index (κ2) is 7.19. The van der Waals surface area contributed by atoms with Crippen molar-refractivity contribution in [1.29, 1.82) is 0 Å². The van der Waals surface area contributed by atoms with Crippen molar-refractivity contribution in [2.24, 2.45) is 4.40 Å². The van der Waals surface area contributed by atoms with E-state index < -0.39 is 6.09 Å². The molecule has 0 aliphatic rings. The smallest absolute Gasteiger partial charge is 0.404 e. The molecule has 2 N–H and O–H groups in total. The highest BCUT2D eigenvalue weighted by molar-refractivity contribution is 7.99. The molecular formula is C14H20N2O2S. The topological polar surface area (TPSA) is 61.7 Å². The molecule has 0 aromatic heterocycles. The second-order valence-corrected chi connectivity index (χ2v) is 6.68. The summed E-state index contributed by atoms with van der Waals surface area (Å²) >= 11 is 1.51. The highest BCUT2D eigenvalue weighted by atomic mass is 32.2. The number of carbonyl (C=O) groups is 1. The molecule has 5 heteroatoms. The number of rotatable bonds is 5. The first-order valence-corrected chi connectivity index (χ1v) is 6.93. The van der Waals surface area contributed by atoms with Crippen molar-refractivity contribution in [2.45, 2.75) is 31.9 Å². The van der Waals surface area contributed by atoms with Crippen LogP contribution in [-0.4, -0.2) is 28.2 Å². The van der Waals surface area contributed by atoms with Gasteiger partial charge < -0.3 is 10.4 Å². The number of hydrogen-bond acceptors (Lipinski definition) is 3. The standard InChI is InChI=1S/C14H20N2O2S/c1-14(2,3)19-16-12(9-10-15-13(17)18)11-7-5-4-6-8-11/h4-8,15H,9-10H2,1-3H3,(H,17,18)/b16-12+. The lowest BCUT2D eigenvalue weighted by Gasteiger charge is -2.15. The number of benzene rings is 1. The third-order valence-electron chi connectivity index (χ3n) is 2.17. The van der Waals surface area contributed by atoms with E-state index in [-0.39, 0.29) is 4.75 Å². The van der Waals surface area contributed by atoms with Gasteiger partial charge in [0.25, 0.3) is 0 Å². The van der Waals surface area contributed by atoms with Gasteiger partial charge in [-0.1, -0.05) is 30.3 Å². The molecule has 0 aliphatic carbocycles. The van der Waals surface area contributed by atoms with Gasteiger partial charge in [0.05, 0.1) is 5.71 Å². The minimum Gasteiger partial charge on any atom is -0.465 e. The van der Waals surface area contributed by atoms with E-state index in [4.69, 9.17) is 5.11 Å². The number of carboxylic acid groups (broad SMARTS) is 1. The molecule has 4 nitrogen and oxygen atoms in total. The molecule has 0 saturated heterocycles. The molecule has 0 atom stereocenters. The summed E-state index contributed by atoms with van der Waals surface area (Å²) in [6.07, 6.45) is -0.421. The highest BCUT2D eigenvalue weighted by Crippen LogP contribution is 2.25. The van der Waals surface area contributed by atoms with Crippen LogP contribution in [0.3, 0.4) is 0 Å². The maximum atomic E-state index is 10.5. The fraction of sp³-hybridized carbons (Fsp3) is 0.429. The van der Waals surface area contributed by atoms with Gasteiger partial charge in [-0.25, -0.2) is 9.19 Å². The first-order valence-electron chi connectivity index (χ1n) is 6.16. The van der Waals surface area contributed by atoms with E-state index in [2.05, 4.69) is 30.5 Å². The molecule has 104 valence electrons. The molecule has 0 saturated carbocycles. The molecule has 0 fully saturated rings. The Labute approximate surface area is 118 Å². The summed E-state index contributed by atoms with van der Waals surface area (Å²) in [5, 5.41) is 11.0. The van der Waals surface area contributed by atoms with Crippen LogP contribution in [0.4, 0.5) is 4.79 Å². The average Bonchev–Trinajstić information content (AvgIpc) is 2.33. The summed E-state index contributed by atoms with van der Waals surface area (Å²) in [5.74, 6) is 0. The molecular weight excluding hydrogens is 260 g/mol. The predicted octanol–water partition coefficient (Wildman–Crippen LogP) is 3.58. The fourth-order valence-electron chi connectivity index (χ4n) is 1.35. The molecule has 0 radical (unpaired) electrons. The normalized spacial score (nSPS) is 12.3. The number of hydrogen-bond donors (Lipinski definition) is 2. The molecule has 19 heavy (non-hydrogen) atoms. The minimum atomic E-state index is -1.00. The van der Waals surface area contributed by atoms with Crippen molar-refractivity contribution in [3.05, 3.63) is 35.9 Å². The monoisotopic (exact) mass is 280 g/mol. The molecule has 0 unspecified atom stereocenters. The van der Waals surface area contributed by atoms with E-state index in [0.717, 1.165) is 11.3 Å². The van der Waals surface area contributed by atoms with Crippen molar-refractivity contribution in [3.8, 4) is 0 Å². The van der Waals surface area contributed by atoms with Crippen LogP contribution in [0.1, 0.15) is 32.8 Å². The minimum absolute atomic E-state index is 0.0419. The lowest BCUT2D eigenvalue weighted by Crippen LogP contribution is -2.24. The SMILES string of the molecule is CC(C)(C)S/N=C(\CCNC(=O)O)c1ccccc1. The van der Waals surface area contributed by atoms with Crippen LogP contribution in [0, 0.1) is 0 Å². The third kappa shape index (κ3) is 6.86. The average molecular weight is 280 g/mol. The van der Waals surface area contributed by atoms with Crippen molar-refractivity contribution >= 4 is 23.8 Å². The van der Waals surface area contributed by atoms with Gasteiger partial charge in [-0.3, -0.25) is 0 Å². The van der Waals surface area contributed by atoms with Crippen LogP contribution in [-0.2, 0) is 0 Å². The van der Waals surface area contributed by atoms with E-state index in [1.54, 1.807) is 0 Å². The zero-order chi connectivity index (χ0) is 14.3. The van der Waals surface area contributed by atoms with Crippen LogP contribution in [0.5, 0.6) is 0 Å². The van der Waals surface area contributed by atoms with Crippen molar-refractivity contribution in [3.63, 3.8) is 0 Å². The molecule has 1 amide bonds. The Morgan fingerprint density at radius 3 is 2.47 bits per heavy atom. The summed E-state index contributed by atoms with van der Waals surface area (Å²) in [4.78, 5) is 10.5. The van der Waals surface area contributed by atoms with Crippen LogP contribution in [0.2, 0.25) is 0 Å². The molecule has 0 heterocycles. The summed E-state index contributed by atoms with van der Waals surface area (Å²) in [6, 6.07) is 9.84. The van der Waals surface area contributed by atoms with Crippen molar-refractivity contribution in [1.82, 2.24) is 5.32 Å². The Balaban J connectivity index is 2.76. The van der Waals surface area contributed by atoms with Gasteiger partial charge in [-0.2, -0.15) is 0 Å². The lowest BCUT2D eigenvalue weighted by molar-refractivity contribution is 0.195. The molecule has 0 spiro atoms. The first kappa shape index (κ1) is 15.6. The molecule has 0 aliphatic heterocycles. The summed E-state index contributed by atoms with van der Waals surface area (Å²) in [7, 11) is 0. The van der Waals surface area contributed by atoms with E-state index >= 15 is 0 Å². The van der Waals surface area contributed by atoms with E-state index in [1.165, 1.54) is 11.9 Å². The van der Waals surface area contributed by atoms with Gasteiger partial charge in [0.15, 0.2) is 0 Å². The second-order valence-electron chi connectivity index (χ2n) is 5.09. The molecule has 1 aromatic carbocycles. The zero-order valence-corrected chi connectivity index (χ0v) is 12.3. The quantitative estimate of drug-likeness (QED) is 0.640. The van der Waals surface area contributed by atoms with Gasteiger partial charge in [-0.15, -0.1) is 0 Å².